The molecule has 2 atom stereocenters. The highest BCUT2D eigenvalue weighted by Gasteiger charge is 2.19. The van der Waals surface area contributed by atoms with Gasteiger partial charge in [-0.15, -0.1) is 0 Å². The summed E-state index contributed by atoms with van der Waals surface area (Å²) in [5.41, 5.74) is 1.82. The van der Waals surface area contributed by atoms with Crippen molar-refractivity contribution >= 4 is 24.1 Å². The normalized spacial score (nSPS) is 12.1. The van der Waals surface area contributed by atoms with Crippen LogP contribution in [-0.2, 0) is 22.4 Å². The van der Waals surface area contributed by atoms with E-state index in [1.54, 1.807) is 38.1 Å². The molecule has 0 bridgehead atoms. The maximum absolute atomic E-state index is 11.9. The van der Waals surface area contributed by atoms with Crippen molar-refractivity contribution in [2.75, 3.05) is 14.1 Å². The summed E-state index contributed by atoms with van der Waals surface area (Å²) in [6.07, 6.45) is 0.381. The van der Waals surface area contributed by atoms with Crippen LogP contribution >= 0.6 is 0 Å². The van der Waals surface area contributed by atoms with Gasteiger partial charge in [0.05, 0.1) is 0 Å². The van der Waals surface area contributed by atoms with Gasteiger partial charge in [0.15, 0.2) is 23.0 Å². The molecule has 0 radical (unpaired) electrons. The second-order valence-electron chi connectivity index (χ2n) is 8.86. The van der Waals surface area contributed by atoms with Crippen molar-refractivity contribution in [3.63, 3.8) is 0 Å². The molecule has 0 saturated heterocycles. The lowest BCUT2D eigenvalue weighted by Crippen LogP contribution is -2.23. The summed E-state index contributed by atoms with van der Waals surface area (Å²) in [5.74, 6) is 0.224. The number of nitrogens with one attached hydrogen (secondary N) is 2. The van der Waals surface area contributed by atoms with Gasteiger partial charge < -0.3 is 29.6 Å². The Bertz CT molecular complexity index is 1060. The summed E-state index contributed by atoms with van der Waals surface area (Å²) in [4.78, 5) is 47.2. The number of benzene rings is 2. The minimum Gasteiger partial charge on any atom is -0.423 e. The van der Waals surface area contributed by atoms with E-state index in [1.165, 1.54) is 14.1 Å². The Kier molecular flexibility index (Phi) is 11.6. The minimum absolute atomic E-state index is 0.156. The van der Waals surface area contributed by atoms with Crippen LogP contribution in [0.25, 0.3) is 0 Å². The predicted molar refractivity (Wildman–Crippen MR) is 141 cm³/mol. The molecule has 2 aromatic rings. The van der Waals surface area contributed by atoms with Crippen LogP contribution in [0.2, 0.25) is 0 Å². The van der Waals surface area contributed by atoms with Crippen LogP contribution in [0.5, 0.6) is 23.0 Å². The summed E-state index contributed by atoms with van der Waals surface area (Å²) in [6, 6.07) is 10.3. The monoisotopic (exact) mass is 528 g/mol. The van der Waals surface area contributed by atoms with Crippen molar-refractivity contribution in [2.45, 2.75) is 53.4 Å². The zero-order valence-corrected chi connectivity index (χ0v) is 22.7. The molecule has 0 aromatic heterocycles. The summed E-state index contributed by atoms with van der Waals surface area (Å²) in [7, 11) is 2.88. The minimum atomic E-state index is -0.666. The second kappa shape index (κ2) is 14.6. The number of ether oxygens (including phenoxy) is 4. The van der Waals surface area contributed by atoms with Crippen LogP contribution in [0.1, 0.15) is 51.7 Å². The van der Waals surface area contributed by atoms with Crippen molar-refractivity contribution in [1.82, 2.24) is 10.6 Å². The fourth-order valence-electron chi connectivity index (χ4n) is 3.52. The number of hydrogen-bond acceptors (Lipinski definition) is 8. The zero-order chi connectivity index (χ0) is 28.2. The lowest BCUT2D eigenvalue weighted by atomic mass is 9.85. The average Bonchev–Trinajstić information content (AvgIpc) is 2.90. The first-order valence-electron chi connectivity index (χ1n) is 12.6. The van der Waals surface area contributed by atoms with Gasteiger partial charge in [0.1, 0.15) is 0 Å². The highest BCUT2D eigenvalue weighted by molar-refractivity contribution is 5.76. The molecular weight excluding hydrogens is 492 g/mol. The molecule has 2 aromatic carbocycles. The fraction of sp³-hybridized carbons (Fsp3) is 0.429. The van der Waals surface area contributed by atoms with Crippen molar-refractivity contribution < 1.29 is 38.1 Å². The summed E-state index contributed by atoms with van der Waals surface area (Å²) in [6.45, 7) is 7.58. The quantitative estimate of drug-likeness (QED) is 0.314. The molecular formula is C28H36N2O8. The van der Waals surface area contributed by atoms with Crippen LogP contribution in [0, 0.1) is 11.8 Å². The highest BCUT2D eigenvalue weighted by atomic mass is 16.6. The van der Waals surface area contributed by atoms with E-state index in [1.807, 2.05) is 12.1 Å². The molecule has 0 aliphatic carbocycles. The fourth-order valence-corrected chi connectivity index (χ4v) is 3.52. The first-order valence-corrected chi connectivity index (χ1v) is 12.6. The van der Waals surface area contributed by atoms with Gasteiger partial charge in [-0.05, 0) is 60.1 Å². The van der Waals surface area contributed by atoms with Crippen molar-refractivity contribution in [2.24, 2.45) is 11.8 Å². The Morgan fingerprint density at radius 1 is 0.632 bits per heavy atom. The molecule has 206 valence electrons. The van der Waals surface area contributed by atoms with E-state index >= 15 is 0 Å². The number of rotatable bonds is 11. The van der Waals surface area contributed by atoms with E-state index in [2.05, 4.69) is 24.5 Å². The van der Waals surface area contributed by atoms with Crippen LogP contribution in [0.4, 0.5) is 9.59 Å². The van der Waals surface area contributed by atoms with Gasteiger partial charge in [-0.25, -0.2) is 9.59 Å². The number of hydrogen-bond donors (Lipinski definition) is 2. The summed E-state index contributed by atoms with van der Waals surface area (Å²) >= 11 is 0. The lowest BCUT2D eigenvalue weighted by molar-refractivity contribution is -0.135. The number of carbonyl (C=O) groups excluding carboxylic acids is 4. The molecule has 2 rings (SSSR count). The third-order valence-corrected chi connectivity index (χ3v) is 5.94. The first kappa shape index (κ1) is 30.1. The smallest absolute Gasteiger partial charge is 0.412 e. The van der Waals surface area contributed by atoms with Crippen LogP contribution in [0.3, 0.4) is 0 Å². The van der Waals surface area contributed by atoms with Crippen LogP contribution in [-0.4, -0.2) is 38.2 Å². The number of carbonyl (C=O) groups is 4. The van der Waals surface area contributed by atoms with Gasteiger partial charge in [0.2, 0.25) is 0 Å². The van der Waals surface area contributed by atoms with E-state index in [-0.39, 0.29) is 47.7 Å². The van der Waals surface area contributed by atoms with E-state index in [4.69, 9.17) is 18.9 Å². The zero-order valence-electron chi connectivity index (χ0n) is 22.7. The molecule has 10 nitrogen and oxygen atoms in total. The van der Waals surface area contributed by atoms with Gasteiger partial charge in [-0.3, -0.25) is 9.59 Å². The second-order valence-corrected chi connectivity index (χ2v) is 8.86. The summed E-state index contributed by atoms with van der Waals surface area (Å²) in [5, 5.41) is 4.76. The molecule has 0 fully saturated rings. The van der Waals surface area contributed by atoms with Gasteiger partial charge >= 0.3 is 24.1 Å². The molecule has 0 heterocycles. The lowest BCUT2D eigenvalue weighted by Gasteiger charge is -2.21. The molecule has 2 amide bonds. The Labute approximate surface area is 223 Å². The Hall–Kier alpha value is -4.08. The summed E-state index contributed by atoms with van der Waals surface area (Å²) < 4.78 is 21.2. The SMILES string of the molecule is CCC(=O)Oc1cc(C[C@H](C)[C@H](C)Cc2ccc(OC(=O)CC)c(OC(=O)NC)c2)ccc1OC(=O)NC. The molecule has 10 heteroatoms. The Morgan fingerprint density at radius 2 is 1.00 bits per heavy atom. The van der Waals surface area contributed by atoms with E-state index in [0.717, 1.165) is 11.1 Å². The van der Waals surface area contributed by atoms with Crippen molar-refractivity contribution in [3.8, 4) is 23.0 Å². The van der Waals surface area contributed by atoms with Crippen LogP contribution < -0.4 is 29.6 Å². The predicted octanol–water partition coefficient (Wildman–Crippen LogP) is 4.81. The molecule has 0 aliphatic heterocycles. The van der Waals surface area contributed by atoms with Crippen LogP contribution in [0.15, 0.2) is 36.4 Å². The van der Waals surface area contributed by atoms with Gasteiger partial charge in [0, 0.05) is 26.9 Å². The molecule has 0 aliphatic rings. The number of esters is 2. The number of amides is 2. The maximum atomic E-state index is 11.9. The molecule has 0 saturated carbocycles. The van der Waals surface area contributed by atoms with E-state index < -0.39 is 24.1 Å². The Balaban J connectivity index is 2.18. The van der Waals surface area contributed by atoms with Gasteiger partial charge in [-0.1, -0.05) is 39.8 Å². The van der Waals surface area contributed by atoms with Gasteiger partial charge in [0.25, 0.3) is 0 Å². The standard InChI is InChI=1S/C28H36N2O8/c1-7-25(31)35-21-11-9-20(16-24(21)38-28(34)30-6)14-18(4)17(3)13-19-10-12-22(37-27(33)29-5)23(15-19)36-26(32)8-2/h9-12,15-18H,7-8,13-14H2,1-6H3,(H,29,33)(H,30,34)/t17-,18+/m0/s1. The van der Waals surface area contributed by atoms with Gasteiger partial charge in [-0.2, -0.15) is 0 Å². The maximum Gasteiger partial charge on any atom is 0.412 e. The highest BCUT2D eigenvalue weighted by Crippen LogP contribution is 2.33. The third-order valence-electron chi connectivity index (χ3n) is 5.94. The Morgan fingerprint density at radius 3 is 1.42 bits per heavy atom. The third kappa shape index (κ3) is 9.10. The average molecular weight is 529 g/mol. The molecule has 2 N–H and O–H groups in total. The van der Waals surface area contributed by atoms with E-state index in [0.29, 0.717) is 12.8 Å². The molecule has 0 spiro atoms. The first-order chi connectivity index (χ1) is 18.1. The van der Waals surface area contributed by atoms with E-state index in [9.17, 15) is 19.2 Å². The van der Waals surface area contributed by atoms with Crippen molar-refractivity contribution in [1.29, 1.82) is 0 Å². The molecule has 0 unspecified atom stereocenters. The van der Waals surface area contributed by atoms with Crippen molar-refractivity contribution in [3.05, 3.63) is 47.5 Å². The molecule has 38 heavy (non-hydrogen) atoms. The topological polar surface area (TPSA) is 129 Å². The largest absolute Gasteiger partial charge is 0.423 e.